The largest absolute Gasteiger partial charge is 0.490 e. The summed E-state index contributed by atoms with van der Waals surface area (Å²) in [7, 11) is 2.10. The van der Waals surface area contributed by atoms with Gasteiger partial charge < -0.3 is 23.5 Å². The zero-order valence-electron chi connectivity index (χ0n) is 24.2. The molecule has 0 spiro atoms. The Labute approximate surface area is 246 Å². The first kappa shape index (κ1) is 29.3. The number of likely N-dealkylation sites (N-methyl/N-ethyl adjacent to an activating group) is 1. The highest BCUT2D eigenvalue weighted by Gasteiger charge is 2.40. The number of oxazole rings is 1. The van der Waals surface area contributed by atoms with E-state index in [-0.39, 0.29) is 12.5 Å². The third kappa shape index (κ3) is 7.77. The molecule has 1 atom stereocenters. The van der Waals surface area contributed by atoms with Crippen molar-refractivity contribution < 1.29 is 28.2 Å². The number of cyclic esters (lactones) is 1. The highest BCUT2D eigenvalue weighted by molar-refractivity contribution is 6.00. The number of hydrogen-bond donors (Lipinski definition) is 0. The van der Waals surface area contributed by atoms with Gasteiger partial charge in [-0.3, -0.25) is 9.69 Å². The molecular weight excluding hydrogens is 536 g/mol. The normalized spacial score (nSPS) is 18.1. The van der Waals surface area contributed by atoms with Gasteiger partial charge in [-0.25, -0.2) is 14.7 Å². The van der Waals surface area contributed by atoms with Crippen molar-refractivity contribution in [3.63, 3.8) is 0 Å². The van der Waals surface area contributed by atoms with Gasteiger partial charge in [0.1, 0.15) is 18.6 Å². The number of aromatic nitrogens is 1. The molecule has 0 saturated carbocycles. The Balaban J connectivity index is 1.12. The second kappa shape index (κ2) is 14.2. The number of rotatable bonds is 13. The minimum absolute atomic E-state index is 0.221. The molecule has 3 aromatic rings. The Morgan fingerprint density at radius 3 is 2.57 bits per heavy atom. The molecule has 10 nitrogen and oxygen atoms in total. The van der Waals surface area contributed by atoms with E-state index < -0.39 is 12.2 Å². The van der Waals surface area contributed by atoms with Crippen LogP contribution in [0.25, 0.3) is 12.2 Å². The van der Waals surface area contributed by atoms with Gasteiger partial charge in [0.25, 0.3) is 5.91 Å². The SMILES string of the molecule is CCOc1cc(CCC2OC(=O)N(CCN3CCN(C)CC3)C2=O)ccc1OCc1coc(/C=C/c2ccccc2)n1. The van der Waals surface area contributed by atoms with Crippen LogP contribution in [0.5, 0.6) is 11.5 Å². The average Bonchev–Trinajstić information content (AvgIpc) is 3.57. The molecule has 2 saturated heterocycles. The summed E-state index contributed by atoms with van der Waals surface area (Å²) in [5.41, 5.74) is 2.68. The number of ether oxygens (including phenoxy) is 3. The van der Waals surface area contributed by atoms with Gasteiger partial charge in [0.15, 0.2) is 17.6 Å². The summed E-state index contributed by atoms with van der Waals surface area (Å²) in [4.78, 5) is 35.6. The summed E-state index contributed by atoms with van der Waals surface area (Å²) in [6.07, 6.45) is 4.97. The van der Waals surface area contributed by atoms with E-state index in [1.807, 2.05) is 67.6 Å². The van der Waals surface area contributed by atoms with Gasteiger partial charge in [-0.15, -0.1) is 0 Å². The van der Waals surface area contributed by atoms with Crippen LogP contribution in [0.15, 0.2) is 59.2 Å². The maximum atomic E-state index is 12.9. The van der Waals surface area contributed by atoms with Gasteiger partial charge in [-0.2, -0.15) is 0 Å². The molecule has 1 aromatic heterocycles. The average molecular weight is 575 g/mol. The molecule has 1 unspecified atom stereocenters. The van der Waals surface area contributed by atoms with Crippen LogP contribution in [0, 0.1) is 0 Å². The van der Waals surface area contributed by atoms with Crippen molar-refractivity contribution in [2.45, 2.75) is 32.5 Å². The second-order valence-electron chi connectivity index (χ2n) is 10.5. The van der Waals surface area contributed by atoms with E-state index in [0.717, 1.165) is 37.3 Å². The van der Waals surface area contributed by atoms with E-state index in [1.54, 1.807) is 6.26 Å². The summed E-state index contributed by atoms with van der Waals surface area (Å²) >= 11 is 0. The van der Waals surface area contributed by atoms with E-state index in [2.05, 4.69) is 21.8 Å². The van der Waals surface area contributed by atoms with Crippen molar-refractivity contribution in [3.05, 3.63) is 77.5 Å². The number of imide groups is 1. The molecule has 0 aliphatic carbocycles. The molecule has 2 amide bonds. The van der Waals surface area contributed by atoms with E-state index in [9.17, 15) is 9.59 Å². The topological polar surface area (TPSA) is 97.6 Å². The third-order valence-electron chi connectivity index (χ3n) is 7.41. The summed E-state index contributed by atoms with van der Waals surface area (Å²) in [5, 5.41) is 0. The van der Waals surface area contributed by atoms with E-state index >= 15 is 0 Å². The quantitative estimate of drug-likeness (QED) is 0.295. The van der Waals surface area contributed by atoms with Crippen molar-refractivity contribution in [2.24, 2.45) is 0 Å². The lowest BCUT2D eigenvalue weighted by molar-refractivity contribution is -0.130. The Morgan fingerprint density at radius 1 is 0.976 bits per heavy atom. The first-order valence-corrected chi connectivity index (χ1v) is 14.5. The number of aryl methyl sites for hydroxylation is 1. The molecule has 2 aliphatic heterocycles. The Bertz CT molecular complexity index is 1370. The smallest absolute Gasteiger partial charge is 0.417 e. The summed E-state index contributed by atoms with van der Waals surface area (Å²) in [6, 6.07) is 15.6. The van der Waals surface area contributed by atoms with Crippen molar-refractivity contribution >= 4 is 24.2 Å². The van der Waals surface area contributed by atoms with Crippen LogP contribution >= 0.6 is 0 Å². The van der Waals surface area contributed by atoms with Gasteiger partial charge in [0.05, 0.1) is 6.61 Å². The minimum Gasteiger partial charge on any atom is -0.490 e. The number of amides is 2. The summed E-state index contributed by atoms with van der Waals surface area (Å²) in [5.74, 6) is 1.43. The number of carbonyl (C=O) groups is 2. The minimum atomic E-state index is -0.770. The molecule has 2 aromatic carbocycles. The van der Waals surface area contributed by atoms with Gasteiger partial charge in [-0.1, -0.05) is 36.4 Å². The molecule has 42 heavy (non-hydrogen) atoms. The van der Waals surface area contributed by atoms with Crippen LogP contribution in [0.1, 0.15) is 36.1 Å². The second-order valence-corrected chi connectivity index (χ2v) is 10.5. The van der Waals surface area contributed by atoms with Gasteiger partial charge in [0.2, 0.25) is 5.89 Å². The Hall–Kier alpha value is -4.15. The first-order valence-electron chi connectivity index (χ1n) is 14.5. The fourth-order valence-corrected chi connectivity index (χ4v) is 4.94. The lowest BCUT2D eigenvalue weighted by Crippen LogP contribution is -2.47. The van der Waals surface area contributed by atoms with Gasteiger partial charge in [-0.05, 0) is 56.1 Å². The van der Waals surface area contributed by atoms with Gasteiger partial charge >= 0.3 is 6.09 Å². The lowest BCUT2D eigenvalue weighted by Gasteiger charge is -2.32. The standard InChI is InChI=1S/C32H38N4O6/c1-3-39-29-21-25(10-13-28-31(37)36(32(38)42-28)20-19-35-17-15-34(2)16-18-35)9-12-27(29)40-22-26-23-41-30(33-26)14-11-24-7-5-4-6-8-24/h4-9,11-12,14,21,23,28H,3,10,13,15-20,22H2,1-2H3/b14-11+. The van der Waals surface area contributed by atoms with Crippen LogP contribution in [0.3, 0.4) is 0 Å². The van der Waals surface area contributed by atoms with E-state index in [1.165, 1.54) is 4.90 Å². The zero-order chi connectivity index (χ0) is 29.3. The molecule has 0 bridgehead atoms. The van der Waals surface area contributed by atoms with Crippen LogP contribution < -0.4 is 9.47 Å². The number of piperazine rings is 1. The predicted octanol–water partition coefficient (Wildman–Crippen LogP) is 4.35. The molecule has 0 N–H and O–H groups in total. The maximum absolute atomic E-state index is 12.9. The van der Waals surface area contributed by atoms with Crippen molar-refractivity contribution in [2.75, 3.05) is 52.9 Å². The third-order valence-corrected chi connectivity index (χ3v) is 7.41. The Morgan fingerprint density at radius 2 is 1.79 bits per heavy atom. The fourth-order valence-electron chi connectivity index (χ4n) is 4.94. The maximum Gasteiger partial charge on any atom is 0.417 e. The zero-order valence-corrected chi connectivity index (χ0v) is 24.2. The highest BCUT2D eigenvalue weighted by Crippen LogP contribution is 2.30. The van der Waals surface area contributed by atoms with Crippen LogP contribution in [0.4, 0.5) is 4.79 Å². The van der Waals surface area contributed by atoms with E-state index in [4.69, 9.17) is 18.6 Å². The predicted molar refractivity (Wildman–Crippen MR) is 158 cm³/mol. The number of carbonyl (C=O) groups excluding carboxylic acids is 2. The molecule has 222 valence electrons. The Kier molecular flexibility index (Phi) is 9.89. The molecule has 2 aliphatic rings. The van der Waals surface area contributed by atoms with Crippen LogP contribution in [-0.2, 0) is 22.6 Å². The van der Waals surface area contributed by atoms with Crippen molar-refractivity contribution in [1.29, 1.82) is 0 Å². The molecular formula is C32H38N4O6. The fraction of sp³-hybridized carbons (Fsp3) is 0.406. The van der Waals surface area contributed by atoms with Crippen LogP contribution in [0.2, 0.25) is 0 Å². The molecule has 2 fully saturated rings. The summed E-state index contributed by atoms with van der Waals surface area (Å²) < 4.78 is 22.8. The summed E-state index contributed by atoms with van der Waals surface area (Å²) in [6.45, 7) is 7.47. The molecule has 5 rings (SSSR count). The molecule has 10 heteroatoms. The molecule has 0 radical (unpaired) electrons. The monoisotopic (exact) mass is 574 g/mol. The first-order chi connectivity index (χ1) is 20.5. The number of nitrogens with zero attached hydrogens (tertiary/aromatic N) is 4. The van der Waals surface area contributed by atoms with Crippen LogP contribution in [-0.4, -0.2) is 90.7 Å². The van der Waals surface area contributed by atoms with Gasteiger partial charge in [0, 0.05) is 45.3 Å². The van der Waals surface area contributed by atoms with E-state index in [0.29, 0.717) is 55.6 Å². The van der Waals surface area contributed by atoms with Crippen molar-refractivity contribution in [3.8, 4) is 11.5 Å². The number of benzene rings is 2. The molecule has 3 heterocycles. The highest BCUT2D eigenvalue weighted by atomic mass is 16.6. The lowest BCUT2D eigenvalue weighted by atomic mass is 10.1. The number of hydrogen-bond acceptors (Lipinski definition) is 9. The van der Waals surface area contributed by atoms with Crippen molar-refractivity contribution in [1.82, 2.24) is 19.7 Å².